The summed E-state index contributed by atoms with van der Waals surface area (Å²) in [6, 6.07) is 21.0. The highest BCUT2D eigenvalue weighted by Gasteiger charge is 2.35. The van der Waals surface area contributed by atoms with Crippen LogP contribution in [-0.2, 0) is 29.1 Å². The number of benzene rings is 3. The Bertz CT molecular complexity index is 2130. The minimum atomic E-state index is -1.22. The number of para-hydroxylation sites is 1. The van der Waals surface area contributed by atoms with Crippen molar-refractivity contribution >= 4 is 46.5 Å². The Morgan fingerprint density at radius 1 is 0.948 bits per heavy atom. The number of pyridine rings is 1. The second kappa shape index (κ2) is 21.0. The zero-order valence-corrected chi connectivity index (χ0v) is 34.6. The van der Waals surface area contributed by atoms with E-state index in [-0.39, 0.29) is 24.8 Å². The van der Waals surface area contributed by atoms with Crippen molar-refractivity contribution in [3.63, 3.8) is 0 Å². The van der Waals surface area contributed by atoms with Crippen molar-refractivity contribution < 1.29 is 24.0 Å². The van der Waals surface area contributed by atoms with E-state index in [1.807, 2.05) is 79.0 Å². The predicted octanol–water partition coefficient (Wildman–Crippen LogP) is 5.26. The number of amides is 2. The summed E-state index contributed by atoms with van der Waals surface area (Å²) in [6.07, 6.45) is 5.61. The average molecular weight is 827 g/mol. The van der Waals surface area contributed by atoms with E-state index in [9.17, 15) is 19.2 Å². The van der Waals surface area contributed by atoms with E-state index in [1.54, 1.807) is 25.3 Å². The molecule has 2 amide bonds. The number of nitrogens with one attached hydrogen (secondary N) is 4. The molecule has 6 rings (SSSR count). The largest absolute Gasteiger partial charge is 0.496 e. The standard InChI is InChI=1S/C43H54N8O5S2/c1-51-37(23-29-25-47-34-11-4-3-10-32(29)34)41(53)49-26-33-31(27-14-16-30(58-55)17-15-27)18-19-38(56-2)39(33)57-42-28(9-8-22-46-42)24-48-35(13-7-21-45)40(52)50-36(43(51)54)12-5-6-20-44/h3-4,8-11,14-19,22,25,35-37,43,47-48,54-55H,5-7,12-13,20-21,23-24,26,44-45H2,1-2H3,(H,49,53)(H,50,52). The number of likely N-dealkylation sites (N-methyl/N-ethyl adjacent to an activating group) is 1. The van der Waals surface area contributed by atoms with Crippen LogP contribution < -0.4 is 32.2 Å². The molecule has 0 bridgehead atoms. The molecular weight excluding hydrogens is 773 g/mol. The number of carbonyl (C=O) groups is 2. The quantitative estimate of drug-likeness (QED) is 0.0600. The summed E-state index contributed by atoms with van der Waals surface area (Å²) >= 11 is 2.11. The van der Waals surface area contributed by atoms with Crippen molar-refractivity contribution in [3.8, 4) is 16.9 Å². The van der Waals surface area contributed by atoms with E-state index < -0.39 is 24.4 Å². The first kappa shape index (κ1) is 43.1. The van der Waals surface area contributed by atoms with Crippen LogP contribution in [0.3, 0.4) is 0 Å². The van der Waals surface area contributed by atoms with Crippen LogP contribution in [0.15, 0.2) is 100 Å². The van der Waals surface area contributed by atoms with Gasteiger partial charge in [-0.2, -0.15) is 0 Å². The molecule has 13 nitrogen and oxygen atoms in total. The van der Waals surface area contributed by atoms with Gasteiger partial charge in [-0.25, -0.2) is 4.98 Å². The third-order valence-corrected chi connectivity index (χ3v) is 12.4. The van der Waals surface area contributed by atoms with E-state index in [0.29, 0.717) is 79.5 Å². The molecule has 2 aromatic heterocycles. The predicted molar refractivity (Wildman–Crippen MR) is 230 cm³/mol. The van der Waals surface area contributed by atoms with Gasteiger partial charge in [-0.3, -0.25) is 14.5 Å². The number of aromatic amines is 1. The SMILES string of the molecule is COc1ccc(-c2ccc(SO)cc2)c2c1Sc1ncccc1CNC(CCCN)C(=O)NC(CCCCN)C(O)N(C)C(Cc1c[nH]c3ccccc13)C(=O)NC2. The number of H-pyrrole nitrogens is 1. The third kappa shape index (κ3) is 10.4. The van der Waals surface area contributed by atoms with Gasteiger partial charge in [0, 0.05) is 53.3 Å². The Morgan fingerprint density at radius 2 is 1.74 bits per heavy atom. The molecule has 0 saturated carbocycles. The van der Waals surface area contributed by atoms with Crippen molar-refractivity contribution in [2.75, 3.05) is 27.2 Å². The maximum Gasteiger partial charge on any atom is 0.238 e. The number of aromatic nitrogens is 2. The molecule has 3 aromatic carbocycles. The van der Waals surface area contributed by atoms with Crippen LogP contribution in [0.25, 0.3) is 22.0 Å². The molecule has 4 atom stereocenters. The minimum Gasteiger partial charge on any atom is -0.496 e. The lowest BCUT2D eigenvalue weighted by Gasteiger charge is -2.36. The van der Waals surface area contributed by atoms with E-state index in [2.05, 4.69) is 20.9 Å². The van der Waals surface area contributed by atoms with Crippen LogP contribution in [0.4, 0.5) is 0 Å². The van der Waals surface area contributed by atoms with Crippen LogP contribution in [0.5, 0.6) is 5.75 Å². The number of rotatable bonds is 12. The van der Waals surface area contributed by atoms with Crippen molar-refractivity contribution in [3.05, 3.63) is 102 Å². The maximum atomic E-state index is 14.8. The molecule has 0 aliphatic carbocycles. The second-order valence-electron chi connectivity index (χ2n) is 14.4. The zero-order valence-electron chi connectivity index (χ0n) is 32.9. The second-order valence-corrected chi connectivity index (χ2v) is 16.1. The Morgan fingerprint density at radius 3 is 2.50 bits per heavy atom. The average Bonchev–Trinajstić information content (AvgIpc) is 3.66. The van der Waals surface area contributed by atoms with Gasteiger partial charge < -0.3 is 46.8 Å². The molecule has 3 heterocycles. The summed E-state index contributed by atoms with van der Waals surface area (Å²) in [4.78, 5) is 40.2. The monoisotopic (exact) mass is 826 g/mol. The fourth-order valence-electron chi connectivity index (χ4n) is 7.43. The number of hydrogen-bond acceptors (Lipinski definition) is 12. The molecule has 1 aliphatic heterocycles. The normalized spacial score (nSPS) is 19.8. The van der Waals surface area contributed by atoms with Crippen LogP contribution in [0.2, 0.25) is 0 Å². The Balaban J connectivity index is 1.48. The van der Waals surface area contributed by atoms with E-state index >= 15 is 0 Å². The number of nitrogens with two attached hydrogens (primary N) is 2. The molecule has 0 radical (unpaired) electrons. The van der Waals surface area contributed by atoms with Crippen molar-refractivity contribution in [2.24, 2.45) is 11.5 Å². The van der Waals surface area contributed by atoms with E-state index in [1.165, 1.54) is 11.8 Å². The Hall–Kier alpha value is -4.45. The number of aliphatic hydroxyl groups excluding tert-OH is 1. The first-order valence-electron chi connectivity index (χ1n) is 19.7. The highest BCUT2D eigenvalue weighted by atomic mass is 32.2. The number of aliphatic hydroxyl groups is 1. The molecule has 0 fully saturated rings. The van der Waals surface area contributed by atoms with Gasteiger partial charge in [0.15, 0.2) is 0 Å². The van der Waals surface area contributed by atoms with E-state index in [4.69, 9.17) is 21.2 Å². The van der Waals surface area contributed by atoms with Gasteiger partial charge in [0.2, 0.25) is 11.8 Å². The fourth-order valence-corrected chi connectivity index (χ4v) is 8.82. The van der Waals surface area contributed by atoms with Gasteiger partial charge in [0.25, 0.3) is 0 Å². The Kier molecular flexibility index (Phi) is 15.6. The van der Waals surface area contributed by atoms with Gasteiger partial charge in [0.1, 0.15) is 17.0 Å². The third-order valence-electron chi connectivity index (χ3n) is 10.7. The lowest BCUT2D eigenvalue weighted by Crippen LogP contribution is -2.59. The molecule has 15 heteroatoms. The summed E-state index contributed by atoms with van der Waals surface area (Å²) in [5.41, 5.74) is 17.1. The van der Waals surface area contributed by atoms with Crippen LogP contribution in [-0.4, -0.2) is 87.9 Å². The molecule has 58 heavy (non-hydrogen) atoms. The van der Waals surface area contributed by atoms with Gasteiger partial charge in [-0.05, 0) is 110 Å². The number of ether oxygens (including phenoxy) is 1. The molecule has 10 N–H and O–H groups in total. The first-order chi connectivity index (χ1) is 28.3. The Labute approximate surface area is 348 Å². The number of methoxy groups -OCH3 is 1. The molecule has 0 saturated heterocycles. The highest BCUT2D eigenvalue weighted by molar-refractivity contribution is 7.99. The molecule has 1 aliphatic rings. The molecule has 5 aromatic rings. The van der Waals surface area contributed by atoms with E-state index in [0.717, 1.165) is 43.6 Å². The number of nitrogens with zero attached hydrogens (tertiary/aromatic N) is 2. The fraction of sp³-hybridized carbons (Fsp3) is 0.372. The number of hydrogen-bond donors (Lipinski definition) is 8. The maximum absolute atomic E-state index is 14.8. The van der Waals surface area contributed by atoms with Gasteiger partial charge >= 0.3 is 0 Å². The molecule has 4 unspecified atom stereocenters. The summed E-state index contributed by atoms with van der Waals surface area (Å²) < 4.78 is 15.7. The van der Waals surface area contributed by atoms with Gasteiger partial charge in [0.05, 0.1) is 30.1 Å². The summed E-state index contributed by atoms with van der Waals surface area (Å²) in [6.45, 7) is 1.34. The summed E-state index contributed by atoms with van der Waals surface area (Å²) in [5, 5.41) is 23.8. The highest BCUT2D eigenvalue weighted by Crippen LogP contribution is 2.43. The molecule has 308 valence electrons. The summed E-state index contributed by atoms with van der Waals surface area (Å²) in [5.74, 6) is 0.0355. The number of carbonyl (C=O) groups excluding carboxylic acids is 2. The van der Waals surface area contributed by atoms with Crippen LogP contribution in [0.1, 0.15) is 48.8 Å². The number of fused-ring (bicyclic) bond motifs is 3. The van der Waals surface area contributed by atoms with Crippen molar-refractivity contribution in [1.29, 1.82) is 0 Å². The zero-order chi connectivity index (χ0) is 41.0. The number of unbranched alkanes of at least 4 members (excludes halogenated alkanes) is 1. The smallest absolute Gasteiger partial charge is 0.238 e. The summed E-state index contributed by atoms with van der Waals surface area (Å²) in [7, 11) is 3.34. The molecular formula is C43H54N8O5S2. The van der Waals surface area contributed by atoms with Gasteiger partial charge in [-0.1, -0.05) is 60.6 Å². The van der Waals surface area contributed by atoms with Crippen molar-refractivity contribution in [1.82, 2.24) is 30.8 Å². The first-order valence-corrected chi connectivity index (χ1v) is 21.2. The topological polar surface area (TPSA) is 204 Å². The van der Waals surface area contributed by atoms with Crippen molar-refractivity contribution in [2.45, 2.75) is 90.8 Å². The lowest BCUT2D eigenvalue weighted by molar-refractivity contribution is -0.133. The molecule has 0 spiro atoms. The van der Waals surface area contributed by atoms with Crippen LogP contribution in [0, 0.1) is 0 Å². The minimum absolute atomic E-state index is 0.122. The van der Waals surface area contributed by atoms with Gasteiger partial charge in [-0.15, -0.1) is 0 Å². The van der Waals surface area contributed by atoms with Crippen LogP contribution >= 0.6 is 23.8 Å². The lowest BCUT2D eigenvalue weighted by atomic mass is 9.98.